The molecule has 2 fully saturated rings. The van der Waals surface area contributed by atoms with E-state index < -0.39 is 11.7 Å². The van der Waals surface area contributed by atoms with Crippen molar-refractivity contribution in [2.75, 3.05) is 20.2 Å². The minimum absolute atomic E-state index is 0.000793. The van der Waals surface area contributed by atoms with E-state index in [1.165, 1.54) is 60.3 Å². The van der Waals surface area contributed by atoms with Gasteiger partial charge in [0.25, 0.3) is 5.56 Å². The minimum atomic E-state index is -4.78. The zero-order valence-corrected chi connectivity index (χ0v) is 30.0. The van der Waals surface area contributed by atoms with E-state index in [1.807, 2.05) is 6.07 Å². The van der Waals surface area contributed by atoms with E-state index in [2.05, 4.69) is 31.2 Å². The highest BCUT2D eigenvalue weighted by Crippen LogP contribution is 2.46. The third-order valence-electron chi connectivity index (χ3n) is 9.72. The highest BCUT2D eigenvalue weighted by Gasteiger charge is 2.37. The van der Waals surface area contributed by atoms with Gasteiger partial charge in [0.1, 0.15) is 5.65 Å². The molecule has 0 unspecified atom stereocenters. The Morgan fingerprint density at radius 3 is 2.11 bits per heavy atom. The van der Waals surface area contributed by atoms with Crippen LogP contribution in [-0.4, -0.2) is 58.5 Å². The van der Waals surface area contributed by atoms with Crippen molar-refractivity contribution >= 4 is 29.1 Å². The van der Waals surface area contributed by atoms with E-state index in [0.717, 1.165) is 12.0 Å². The second-order valence-corrected chi connectivity index (χ2v) is 13.7. The highest BCUT2D eigenvalue weighted by atomic mass is 35.5. The maximum absolute atomic E-state index is 15.1. The van der Waals surface area contributed by atoms with E-state index in [1.54, 1.807) is 18.2 Å². The summed E-state index contributed by atoms with van der Waals surface area (Å²) < 4.78 is 52.1. The summed E-state index contributed by atoms with van der Waals surface area (Å²) in [5.41, 5.74) is 1.10. The molecule has 0 radical (unpaired) electrons. The fourth-order valence-corrected chi connectivity index (χ4v) is 7.34. The molecule has 0 spiro atoms. The van der Waals surface area contributed by atoms with Crippen LogP contribution in [0.5, 0.6) is 5.88 Å². The van der Waals surface area contributed by atoms with Crippen molar-refractivity contribution in [1.29, 1.82) is 0 Å². The lowest BCUT2D eigenvalue weighted by atomic mass is 9.90. The smallest absolute Gasteiger partial charge is 0.417 e. The summed E-state index contributed by atoms with van der Waals surface area (Å²) in [4.78, 5) is 45.3. The maximum Gasteiger partial charge on any atom is 0.417 e. The number of carbonyl (C=O) groups excluding carboxylic acids is 2. The topological polar surface area (TPSA) is 139 Å². The molecule has 5 aromatic rings. The molecule has 2 aromatic carbocycles. The molecule has 4 N–H and O–H groups in total. The van der Waals surface area contributed by atoms with E-state index >= 15 is 13.2 Å². The number of methoxy groups -OCH3 is 1. The number of ether oxygens (including phenoxy) is 1. The Labute approximate surface area is 313 Å². The number of carbonyl (C=O) groups is 2. The van der Waals surface area contributed by atoms with Crippen molar-refractivity contribution in [3.63, 3.8) is 0 Å². The van der Waals surface area contributed by atoms with Crippen LogP contribution in [0.25, 0.3) is 39.2 Å². The Hall–Kier alpha value is -5.31. The Morgan fingerprint density at radius 2 is 1.48 bits per heavy atom. The number of amides is 2. The number of aromatic nitrogens is 3. The number of fused-ring (bicyclic) bond motifs is 1. The number of hydrogen-bond donors (Lipinski definition) is 4. The Bertz CT molecular complexity index is 2300. The molecule has 2 atom stereocenters. The molecule has 280 valence electrons. The van der Waals surface area contributed by atoms with Crippen LogP contribution >= 0.6 is 11.6 Å². The number of hydrogen-bond acceptors (Lipinski definition) is 8. The highest BCUT2D eigenvalue weighted by molar-refractivity contribution is 6.36. The fraction of sp³-hybridized carbons (Fsp3) is 0.308. The number of nitrogens with zero attached hydrogens (tertiary/aromatic N) is 3. The van der Waals surface area contributed by atoms with Crippen LogP contribution in [-0.2, 0) is 28.9 Å². The van der Waals surface area contributed by atoms with Crippen molar-refractivity contribution in [3.8, 4) is 39.4 Å². The normalized spacial score (nSPS) is 17.2. The third kappa shape index (κ3) is 7.81. The molecule has 7 rings (SSSR count). The lowest BCUT2D eigenvalue weighted by molar-refractivity contribution is -0.136. The maximum atomic E-state index is 15.1. The summed E-state index contributed by atoms with van der Waals surface area (Å²) in [6, 6.07) is 15.7. The Balaban J connectivity index is 1.17. The second kappa shape index (κ2) is 15.6. The van der Waals surface area contributed by atoms with Crippen LogP contribution < -0.4 is 31.6 Å². The van der Waals surface area contributed by atoms with Crippen LogP contribution in [0.3, 0.4) is 0 Å². The monoisotopic (exact) mass is 759 g/mol. The van der Waals surface area contributed by atoms with Gasteiger partial charge in [-0.3, -0.25) is 18.8 Å². The molecule has 54 heavy (non-hydrogen) atoms. The molecule has 5 heterocycles. The van der Waals surface area contributed by atoms with Gasteiger partial charge in [0.05, 0.1) is 23.4 Å². The van der Waals surface area contributed by atoms with Crippen LogP contribution in [0.4, 0.5) is 13.2 Å². The number of halogens is 4. The zero-order chi connectivity index (χ0) is 38.0. The molecule has 0 saturated carbocycles. The lowest BCUT2D eigenvalue weighted by Gasteiger charge is -2.20. The summed E-state index contributed by atoms with van der Waals surface area (Å²) >= 11 is 6.92. The lowest BCUT2D eigenvalue weighted by Crippen LogP contribution is -2.36. The molecular formula is C39H37ClF3N7O4. The summed E-state index contributed by atoms with van der Waals surface area (Å²) in [5.74, 6) is 0.371. The van der Waals surface area contributed by atoms with Crippen molar-refractivity contribution in [2.45, 2.75) is 57.0 Å². The van der Waals surface area contributed by atoms with Gasteiger partial charge >= 0.3 is 6.18 Å². The average Bonchev–Trinajstić information content (AvgIpc) is 3.78. The van der Waals surface area contributed by atoms with Gasteiger partial charge < -0.3 is 26.0 Å². The SMILES string of the molecule is COc1nc(-c2cccc(-c3cccc(-c4ccn5c(=O)c(CNC[C@@H]6CCC(=O)N6)cnc5c4)c3C(F)(F)F)c2Cl)ccc1CNC[C@@H]1CCC(=O)N1. The van der Waals surface area contributed by atoms with Crippen molar-refractivity contribution < 1.29 is 27.5 Å². The molecule has 2 saturated heterocycles. The molecular weight excluding hydrogens is 723 g/mol. The van der Waals surface area contributed by atoms with Gasteiger partial charge in [-0.2, -0.15) is 13.2 Å². The molecule has 0 aliphatic carbocycles. The van der Waals surface area contributed by atoms with E-state index in [0.29, 0.717) is 61.6 Å². The first kappa shape index (κ1) is 37.0. The van der Waals surface area contributed by atoms with Crippen LogP contribution in [0.15, 0.2) is 77.9 Å². The van der Waals surface area contributed by atoms with E-state index in [4.69, 9.17) is 16.3 Å². The predicted octanol–water partition coefficient (Wildman–Crippen LogP) is 5.51. The number of alkyl halides is 3. The fourth-order valence-electron chi connectivity index (χ4n) is 7.02. The van der Waals surface area contributed by atoms with Crippen LogP contribution in [0, 0.1) is 0 Å². The summed E-state index contributed by atoms with van der Waals surface area (Å²) in [7, 11) is 1.49. The molecule has 0 bridgehead atoms. The van der Waals surface area contributed by atoms with Crippen LogP contribution in [0.2, 0.25) is 5.02 Å². The van der Waals surface area contributed by atoms with Crippen LogP contribution in [0.1, 0.15) is 42.4 Å². The van der Waals surface area contributed by atoms with E-state index in [-0.39, 0.29) is 68.9 Å². The number of benzene rings is 2. The van der Waals surface area contributed by atoms with Crippen molar-refractivity contribution in [1.82, 2.24) is 35.6 Å². The standard InChI is InChI=1S/C39H37ClF3N7O4/c1-54-37-23(17-44-20-25-9-12-33(51)47-25)8-11-31(49-37)30-7-3-6-29(36(30)40)28-5-2-4-27(35(28)39(41,42)43)22-14-15-50-32(16-22)46-19-24(38(50)53)18-45-21-26-10-13-34(52)48-26/h2-8,11,14-16,19,25-26,44-45H,9-10,12-13,17-18,20-21H2,1H3,(H,47,51)(H,48,52)/t25-,26-/m0/s1. The molecule has 2 aliphatic heterocycles. The zero-order valence-electron chi connectivity index (χ0n) is 29.2. The average molecular weight is 760 g/mol. The third-order valence-corrected chi connectivity index (χ3v) is 10.1. The Kier molecular flexibility index (Phi) is 10.7. The van der Waals surface area contributed by atoms with Gasteiger partial charge in [0.15, 0.2) is 0 Å². The number of nitrogens with one attached hydrogen (secondary N) is 4. The Morgan fingerprint density at radius 1 is 0.852 bits per heavy atom. The molecule has 11 nitrogen and oxygen atoms in total. The summed E-state index contributed by atoms with van der Waals surface area (Å²) in [6.07, 6.45) is 0.512. The van der Waals surface area contributed by atoms with E-state index in [9.17, 15) is 14.4 Å². The van der Waals surface area contributed by atoms with Crippen molar-refractivity contribution in [2.24, 2.45) is 0 Å². The van der Waals surface area contributed by atoms with Gasteiger partial charge in [-0.15, -0.1) is 0 Å². The summed E-state index contributed by atoms with van der Waals surface area (Å²) in [5, 5.41) is 12.3. The van der Waals surface area contributed by atoms with Gasteiger partial charge in [-0.25, -0.2) is 9.97 Å². The largest absolute Gasteiger partial charge is 0.481 e. The quantitative estimate of drug-likeness (QED) is 0.131. The minimum Gasteiger partial charge on any atom is -0.481 e. The van der Waals surface area contributed by atoms with Gasteiger partial charge in [0.2, 0.25) is 17.7 Å². The number of pyridine rings is 2. The van der Waals surface area contributed by atoms with Crippen molar-refractivity contribution in [3.05, 3.63) is 105 Å². The second-order valence-electron chi connectivity index (χ2n) is 13.4. The first-order chi connectivity index (χ1) is 26.0. The summed E-state index contributed by atoms with van der Waals surface area (Å²) in [6.45, 7) is 1.73. The molecule has 15 heteroatoms. The van der Waals surface area contributed by atoms with Gasteiger partial charge in [0, 0.05) is 85.8 Å². The molecule has 2 aliphatic rings. The first-order valence-corrected chi connectivity index (χ1v) is 17.9. The molecule has 3 aromatic heterocycles. The molecule has 2 amide bonds. The first-order valence-electron chi connectivity index (χ1n) is 17.5. The number of rotatable bonds is 12. The van der Waals surface area contributed by atoms with Gasteiger partial charge in [-0.1, -0.05) is 54.1 Å². The predicted molar refractivity (Wildman–Crippen MR) is 198 cm³/mol. The van der Waals surface area contributed by atoms with Gasteiger partial charge in [-0.05, 0) is 47.7 Å².